The van der Waals surface area contributed by atoms with E-state index in [0.29, 0.717) is 13.2 Å². The first-order valence-electron chi connectivity index (χ1n) is 13.2. The lowest BCUT2D eigenvalue weighted by Crippen LogP contribution is -2.68. The van der Waals surface area contributed by atoms with E-state index in [1.54, 1.807) is 11.8 Å². The summed E-state index contributed by atoms with van der Waals surface area (Å²) in [7, 11) is -2.84. The molecule has 2 aromatic rings. The predicted molar refractivity (Wildman–Crippen MR) is 150 cm³/mol. The van der Waals surface area contributed by atoms with Crippen LogP contribution in [0.2, 0.25) is 5.04 Å². The van der Waals surface area contributed by atoms with E-state index in [1.807, 2.05) is 39.8 Å². The molecule has 2 aromatic carbocycles. The molecule has 1 fully saturated rings. The summed E-state index contributed by atoms with van der Waals surface area (Å²) in [4.78, 5) is 27.7. The molecular formula is C30H43NO5Si. The van der Waals surface area contributed by atoms with Gasteiger partial charge in [-0.25, -0.2) is 4.79 Å². The number of benzene rings is 2. The van der Waals surface area contributed by atoms with E-state index >= 15 is 0 Å². The molecule has 0 unspecified atom stereocenters. The molecular weight excluding hydrogens is 482 g/mol. The van der Waals surface area contributed by atoms with Gasteiger partial charge in [0.1, 0.15) is 5.60 Å². The van der Waals surface area contributed by atoms with Crippen LogP contribution in [0.4, 0.5) is 4.79 Å². The fourth-order valence-electron chi connectivity index (χ4n) is 5.34. The molecule has 1 aliphatic heterocycles. The summed E-state index contributed by atoms with van der Waals surface area (Å²) >= 11 is 0. The van der Waals surface area contributed by atoms with Gasteiger partial charge >= 0.3 is 12.1 Å². The van der Waals surface area contributed by atoms with Gasteiger partial charge in [0.05, 0.1) is 12.5 Å². The Morgan fingerprint density at radius 1 is 0.919 bits per heavy atom. The van der Waals surface area contributed by atoms with Crippen LogP contribution in [0.3, 0.4) is 0 Å². The average molecular weight is 526 g/mol. The van der Waals surface area contributed by atoms with Gasteiger partial charge in [0.15, 0.2) is 0 Å². The molecule has 0 spiro atoms. The summed E-state index contributed by atoms with van der Waals surface area (Å²) in [6.45, 7) is 17.0. The van der Waals surface area contributed by atoms with Crippen molar-refractivity contribution in [2.75, 3.05) is 19.7 Å². The van der Waals surface area contributed by atoms with Crippen LogP contribution >= 0.6 is 0 Å². The summed E-state index contributed by atoms with van der Waals surface area (Å²) in [5, 5.41) is 2.15. The Labute approximate surface area is 223 Å². The Morgan fingerprint density at radius 2 is 1.43 bits per heavy atom. The minimum atomic E-state index is -2.84. The first-order chi connectivity index (χ1) is 17.3. The second-order valence-corrected chi connectivity index (χ2v) is 16.1. The molecule has 1 amide bonds. The van der Waals surface area contributed by atoms with Crippen molar-refractivity contribution in [3.63, 3.8) is 0 Å². The Morgan fingerprint density at radius 3 is 1.86 bits per heavy atom. The highest BCUT2D eigenvalue weighted by atomic mass is 28.4. The molecule has 6 nitrogen and oxygen atoms in total. The summed E-state index contributed by atoms with van der Waals surface area (Å²) < 4.78 is 18.4. The lowest BCUT2D eigenvalue weighted by atomic mass is 9.92. The van der Waals surface area contributed by atoms with Gasteiger partial charge in [-0.2, -0.15) is 0 Å². The number of carbonyl (C=O) groups excluding carboxylic acids is 2. The van der Waals surface area contributed by atoms with Gasteiger partial charge in [0.25, 0.3) is 8.32 Å². The molecule has 202 valence electrons. The zero-order valence-corrected chi connectivity index (χ0v) is 24.6. The highest BCUT2D eigenvalue weighted by molar-refractivity contribution is 6.99. The summed E-state index contributed by atoms with van der Waals surface area (Å²) in [6, 6.07) is 20.9. The van der Waals surface area contributed by atoms with Crippen molar-refractivity contribution in [3.05, 3.63) is 60.7 Å². The lowest BCUT2D eigenvalue weighted by Gasteiger charge is -2.46. The Kier molecular flexibility index (Phi) is 8.91. The quantitative estimate of drug-likeness (QED) is 0.376. The fourth-order valence-corrected chi connectivity index (χ4v) is 10.1. The maximum absolute atomic E-state index is 13.1. The molecule has 1 saturated heterocycles. The molecule has 0 aromatic heterocycles. The Bertz CT molecular complexity index is 1010. The third-order valence-electron chi connectivity index (χ3n) is 6.99. The lowest BCUT2D eigenvalue weighted by molar-refractivity contribution is -0.149. The van der Waals surface area contributed by atoms with Crippen LogP contribution in [0.15, 0.2) is 60.7 Å². The van der Waals surface area contributed by atoms with Crippen LogP contribution in [-0.4, -0.2) is 56.7 Å². The van der Waals surface area contributed by atoms with E-state index in [1.165, 1.54) is 10.4 Å². The number of hydrogen-bond acceptors (Lipinski definition) is 5. The third-order valence-corrected chi connectivity index (χ3v) is 12.1. The van der Waals surface area contributed by atoms with Crippen LogP contribution in [0.25, 0.3) is 0 Å². The monoisotopic (exact) mass is 525 g/mol. The third kappa shape index (κ3) is 6.44. The molecule has 7 heteroatoms. The largest absolute Gasteiger partial charge is 0.466 e. The van der Waals surface area contributed by atoms with Crippen molar-refractivity contribution < 1.29 is 23.5 Å². The fraction of sp³-hybridized carbons (Fsp3) is 0.533. The van der Waals surface area contributed by atoms with Crippen LogP contribution in [0, 0.1) is 11.8 Å². The Hall–Kier alpha value is -2.64. The molecule has 0 aliphatic carbocycles. The Balaban J connectivity index is 2.03. The van der Waals surface area contributed by atoms with E-state index in [-0.39, 0.29) is 29.6 Å². The molecule has 3 rings (SSSR count). The highest BCUT2D eigenvalue weighted by Gasteiger charge is 2.53. The zero-order valence-electron chi connectivity index (χ0n) is 23.6. The normalized spacial score (nSPS) is 19.4. The van der Waals surface area contributed by atoms with Crippen LogP contribution in [-0.2, 0) is 18.7 Å². The van der Waals surface area contributed by atoms with Crippen molar-refractivity contribution in [2.24, 2.45) is 11.8 Å². The first-order valence-corrected chi connectivity index (χ1v) is 15.1. The van der Waals surface area contributed by atoms with E-state index < -0.39 is 25.9 Å². The predicted octanol–water partition coefficient (Wildman–Crippen LogP) is 5.00. The van der Waals surface area contributed by atoms with E-state index in [4.69, 9.17) is 13.9 Å². The number of ether oxygens (including phenoxy) is 2. The van der Waals surface area contributed by atoms with Crippen molar-refractivity contribution in [1.29, 1.82) is 0 Å². The number of rotatable bonds is 7. The number of esters is 1. The number of carbonyl (C=O) groups is 2. The molecule has 0 saturated carbocycles. The van der Waals surface area contributed by atoms with E-state index in [0.717, 1.165) is 0 Å². The van der Waals surface area contributed by atoms with Gasteiger partial charge in [0, 0.05) is 25.1 Å². The second-order valence-electron chi connectivity index (χ2n) is 11.9. The SMILES string of the molecule is CCOC(=O)[C@@H]1CN(C(=O)OC(C)(C)C)C[C@H]1[C@H](C)O[Si](c1ccccc1)(c1ccccc1)C(C)(C)C. The highest BCUT2D eigenvalue weighted by Crippen LogP contribution is 2.40. The molecule has 0 N–H and O–H groups in total. The van der Waals surface area contributed by atoms with E-state index in [2.05, 4.69) is 69.3 Å². The molecule has 0 radical (unpaired) electrons. The molecule has 0 bridgehead atoms. The summed E-state index contributed by atoms with van der Waals surface area (Å²) in [5.74, 6) is -1.01. The van der Waals surface area contributed by atoms with Crippen LogP contribution in [0.5, 0.6) is 0 Å². The van der Waals surface area contributed by atoms with Gasteiger partial charge in [-0.05, 0) is 50.0 Å². The zero-order chi connectivity index (χ0) is 27.4. The van der Waals surface area contributed by atoms with Gasteiger partial charge in [-0.3, -0.25) is 4.79 Å². The van der Waals surface area contributed by atoms with Crippen LogP contribution < -0.4 is 10.4 Å². The standard InChI is InChI=1S/C30H43NO5Si/c1-9-34-27(32)26-21-31(28(33)35-29(3,4)5)20-25(26)22(2)36-37(30(6,7)8,23-16-12-10-13-17-23)24-18-14-11-15-19-24/h10-19,22,25-26H,9,20-21H2,1-8H3/t22-,25-,26+/m0/s1. The van der Waals surface area contributed by atoms with Crippen molar-refractivity contribution >= 4 is 30.8 Å². The molecule has 1 aliphatic rings. The molecule has 37 heavy (non-hydrogen) atoms. The molecule has 3 atom stereocenters. The summed E-state index contributed by atoms with van der Waals surface area (Å²) in [5.41, 5.74) is -0.619. The number of hydrogen-bond donors (Lipinski definition) is 0. The number of likely N-dealkylation sites (tertiary alicyclic amines) is 1. The first kappa shape index (κ1) is 28.9. The second kappa shape index (κ2) is 11.4. The van der Waals surface area contributed by atoms with Gasteiger partial charge < -0.3 is 18.8 Å². The van der Waals surface area contributed by atoms with Gasteiger partial charge in [0.2, 0.25) is 0 Å². The van der Waals surface area contributed by atoms with Gasteiger partial charge in [-0.15, -0.1) is 0 Å². The molecule has 1 heterocycles. The average Bonchev–Trinajstić information content (AvgIpc) is 3.28. The maximum atomic E-state index is 13.1. The smallest absolute Gasteiger partial charge is 0.410 e. The number of amides is 1. The van der Waals surface area contributed by atoms with Gasteiger partial charge in [-0.1, -0.05) is 81.4 Å². The van der Waals surface area contributed by atoms with Crippen molar-refractivity contribution in [3.8, 4) is 0 Å². The van der Waals surface area contributed by atoms with E-state index in [9.17, 15) is 9.59 Å². The van der Waals surface area contributed by atoms with Crippen molar-refractivity contribution in [1.82, 2.24) is 4.90 Å². The topological polar surface area (TPSA) is 65.1 Å². The van der Waals surface area contributed by atoms with Crippen LogP contribution in [0.1, 0.15) is 55.4 Å². The minimum Gasteiger partial charge on any atom is -0.466 e. The maximum Gasteiger partial charge on any atom is 0.410 e. The number of nitrogens with zero attached hydrogens (tertiary/aromatic N) is 1. The summed E-state index contributed by atoms with van der Waals surface area (Å²) in [6.07, 6.45) is -0.727. The minimum absolute atomic E-state index is 0.202. The van der Waals surface area contributed by atoms with Crippen molar-refractivity contribution in [2.45, 2.75) is 72.1 Å².